The van der Waals surface area contributed by atoms with Crippen LogP contribution in [-0.2, 0) is 10.3 Å². The molecule has 0 spiro atoms. The Morgan fingerprint density at radius 3 is 2.86 bits per heavy atom. The number of hydrogen-bond donors (Lipinski definition) is 2. The second kappa shape index (κ2) is 4.80. The fraction of sp³-hybridized carbons (Fsp3) is 0.500. The predicted octanol–water partition coefficient (Wildman–Crippen LogP) is 1.91. The lowest BCUT2D eigenvalue weighted by Gasteiger charge is -2.25. The predicted molar refractivity (Wildman–Crippen MR) is 87.4 cm³/mol. The summed E-state index contributed by atoms with van der Waals surface area (Å²) in [6, 6.07) is 5.96. The number of rotatable bonds is 3. The van der Waals surface area contributed by atoms with Crippen molar-refractivity contribution < 1.29 is 4.79 Å². The maximum absolute atomic E-state index is 12.6. The molecule has 1 aliphatic heterocycles. The number of hydrogen-bond acceptors (Lipinski definition) is 3. The van der Waals surface area contributed by atoms with Gasteiger partial charge in [0.05, 0.1) is 11.1 Å². The number of carbonyl (C=O) groups excluding carboxylic acids is 1. The second-order valence-electron chi connectivity index (χ2n) is 6.81. The van der Waals surface area contributed by atoms with E-state index in [1.807, 2.05) is 42.6 Å². The zero-order valence-corrected chi connectivity index (χ0v) is 14.2. The van der Waals surface area contributed by atoms with Gasteiger partial charge in [0.25, 0.3) is 0 Å². The third kappa shape index (κ3) is 2.08. The normalized spacial score (nSPS) is 27.0. The van der Waals surface area contributed by atoms with E-state index in [9.17, 15) is 4.79 Å². The first-order chi connectivity index (χ1) is 10.5. The molecule has 0 unspecified atom stereocenters. The van der Waals surface area contributed by atoms with Crippen molar-refractivity contribution in [2.75, 3.05) is 13.1 Å². The van der Waals surface area contributed by atoms with E-state index in [1.54, 1.807) is 0 Å². The van der Waals surface area contributed by atoms with Crippen LogP contribution in [0.3, 0.4) is 0 Å². The molecule has 5 nitrogen and oxygen atoms in total. The molecular formula is C16H19BrN4O. The molecule has 6 heteroatoms. The molecule has 116 valence electrons. The van der Waals surface area contributed by atoms with E-state index in [4.69, 9.17) is 0 Å². The van der Waals surface area contributed by atoms with Crippen molar-refractivity contribution in [3.63, 3.8) is 0 Å². The second-order valence-corrected chi connectivity index (χ2v) is 7.56. The van der Waals surface area contributed by atoms with Gasteiger partial charge in [-0.3, -0.25) is 4.79 Å². The van der Waals surface area contributed by atoms with Crippen molar-refractivity contribution in [3.8, 4) is 0 Å². The van der Waals surface area contributed by atoms with Crippen LogP contribution in [0.15, 0.2) is 29.0 Å². The Balaban J connectivity index is 1.61. The van der Waals surface area contributed by atoms with Crippen molar-refractivity contribution in [1.29, 1.82) is 0 Å². The van der Waals surface area contributed by atoms with Gasteiger partial charge in [0.2, 0.25) is 5.91 Å². The highest BCUT2D eigenvalue weighted by Gasteiger charge is 2.57. The molecule has 2 N–H and O–H groups in total. The van der Waals surface area contributed by atoms with Crippen LogP contribution in [0, 0.1) is 17.8 Å². The summed E-state index contributed by atoms with van der Waals surface area (Å²) in [5.74, 6) is 2.23. The first-order valence-corrected chi connectivity index (χ1v) is 8.44. The number of carbonyl (C=O) groups is 1. The van der Waals surface area contributed by atoms with Crippen molar-refractivity contribution >= 4 is 27.4 Å². The van der Waals surface area contributed by atoms with E-state index in [2.05, 4.69) is 31.5 Å². The van der Waals surface area contributed by atoms with Crippen LogP contribution in [0.2, 0.25) is 0 Å². The highest BCUT2D eigenvalue weighted by Crippen LogP contribution is 2.49. The first-order valence-electron chi connectivity index (χ1n) is 7.65. The zero-order chi connectivity index (χ0) is 15.5. The average Bonchev–Trinajstić information content (AvgIpc) is 2.82. The quantitative estimate of drug-likeness (QED) is 0.876. The summed E-state index contributed by atoms with van der Waals surface area (Å²) in [7, 11) is 0. The summed E-state index contributed by atoms with van der Waals surface area (Å²) in [4.78, 5) is 17.2. The van der Waals surface area contributed by atoms with Gasteiger partial charge in [-0.2, -0.15) is 0 Å². The maximum atomic E-state index is 12.6. The minimum absolute atomic E-state index is 0.158. The van der Waals surface area contributed by atoms with Gasteiger partial charge in [0.15, 0.2) is 0 Å². The number of amides is 1. The highest BCUT2D eigenvalue weighted by atomic mass is 79.9. The summed E-state index contributed by atoms with van der Waals surface area (Å²) in [5, 5.41) is 6.52. The first kappa shape index (κ1) is 14.2. The summed E-state index contributed by atoms with van der Waals surface area (Å²) < 4.78 is 2.83. The lowest BCUT2D eigenvalue weighted by Crippen LogP contribution is -2.44. The fourth-order valence-electron chi connectivity index (χ4n) is 3.70. The van der Waals surface area contributed by atoms with Gasteiger partial charge in [-0.1, -0.05) is 6.07 Å². The van der Waals surface area contributed by atoms with Crippen LogP contribution < -0.4 is 10.6 Å². The number of halogens is 1. The maximum Gasteiger partial charge on any atom is 0.224 e. The lowest BCUT2D eigenvalue weighted by molar-refractivity contribution is -0.124. The van der Waals surface area contributed by atoms with Gasteiger partial charge in [0.1, 0.15) is 10.4 Å². The van der Waals surface area contributed by atoms with Crippen LogP contribution in [-0.4, -0.2) is 28.4 Å². The number of nitrogens with zero attached hydrogens (tertiary/aromatic N) is 2. The Hall–Kier alpha value is -1.40. The van der Waals surface area contributed by atoms with Gasteiger partial charge >= 0.3 is 0 Å². The summed E-state index contributed by atoms with van der Waals surface area (Å²) in [5.41, 5.74) is 0.491. The minimum atomic E-state index is -0.516. The molecule has 2 fully saturated rings. The molecule has 0 aromatic carbocycles. The molecule has 4 rings (SSSR count). The van der Waals surface area contributed by atoms with Crippen LogP contribution in [0.25, 0.3) is 5.52 Å². The van der Waals surface area contributed by atoms with Crippen molar-refractivity contribution in [2.24, 2.45) is 17.8 Å². The summed E-state index contributed by atoms with van der Waals surface area (Å²) >= 11 is 3.50. The fourth-order valence-corrected chi connectivity index (χ4v) is 4.19. The molecule has 2 aromatic heterocycles. The Kier molecular flexibility index (Phi) is 3.10. The summed E-state index contributed by atoms with van der Waals surface area (Å²) in [6.45, 7) is 5.97. The van der Waals surface area contributed by atoms with Gasteiger partial charge in [0, 0.05) is 12.1 Å². The Bertz CT molecular complexity index is 744. The average molecular weight is 363 g/mol. The highest BCUT2D eigenvalue weighted by molar-refractivity contribution is 9.10. The van der Waals surface area contributed by atoms with Crippen molar-refractivity contribution in [2.45, 2.75) is 19.4 Å². The molecule has 1 saturated heterocycles. The third-order valence-electron chi connectivity index (χ3n) is 4.89. The summed E-state index contributed by atoms with van der Waals surface area (Å²) in [6.07, 6.45) is 1.98. The van der Waals surface area contributed by atoms with E-state index in [0.717, 1.165) is 29.0 Å². The molecule has 22 heavy (non-hydrogen) atoms. The molecule has 2 aliphatic rings. The van der Waals surface area contributed by atoms with E-state index in [0.29, 0.717) is 11.8 Å². The number of fused-ring (bicyclic) bond motifs is 2. The van der Waals surface area contributed by atoms with Crippen LogP contribution in [0.4, 0.5) is 0 Å². The molecule has 1 amide bonds. The van der Waals surface area contributed by atoms with Gasteiger partial charge in [-0.15, -0.1) is 0 Å². The number of nitrogens with one attached hydrogen (secondary N) is 2. The molecule has 1 aliphatic carbocycles. The van der Waals surface area contributed by atoms with Gasteiger partial charge in [-0.05, 0) is 66.8 Å². The third-order valence-corrected chi connectivity index (χ3v) is 5.48. The SMILES string of the molecule is CC(C)(NC(=O)[C@H]1[C@@H]2CNC[C@@H]21)c1nc(Br)c2ccccn12. The monoisotopic (exact) mass is 362 g/mol. The largest absolute Gasteiger partial charge is 0.344 e. The van der Waals surface area contributed by atoms with Crippen LogP contribution in [0.1, 0.15) is 19.7 Å². The zero-order valence-electron chi connectivity index (χ0n) is 12.6. The number of imidazole rings is 1. The topological polar surface area (TPSA) is 58.4 Å². The van der Waals surface area contributed by atoms with Gasteiger partial charge < -0.3 is 15.0 Å². The number of pyridine rings is 1. The molecular weight excluding hydrogens is 344 g/mol. The molecule has 0 bridgehead atoms. The van der Waals surface area contributed by atoms with E-state index < -0.39 is 5.54 Å². The smallest absolute Gasteiger partial charge is 0.224 e. The molecule has 0 radical (unpaired) electrons. The van der Waals surface area contributed by atoms with E-state index >= 15 is 0 Å². The van der Waals surface area contributed by atoms with E-state index in [1.165, 1.54) is 0 Å². The molecule has 3 heterocycles. The van der Waals surface area contributed by atoms with Crippen molar-refractivity contribution in [1.82, 2.24) is 20.0 Å². The minimum Gasteiger partial charge on any atom is -0.344 e. The Labute approximate surface area is 137 Å². The van der Waals surface area contributed by atoms with Crippen LogP contribution in [0.5, 0.6) is 0 Å². The number of piperidine rings is 1. The number of aromatic nitrogens is 2. The van der Waals surface area contributed by atoms with Gasteiger partial charge in [-0.25, -0.2) is 4.98 Å². The molecule has 1 saturated carbocycles. The van der Waals surface area contributed by atoms with E-state index in [-0.39, 0.29) is 11.8 Å². The van der Waals surface area contributed by atoms with Crippen molar-refractivity contribution in [3.05, 3.63) is 34.8 Å². The molecule has 3 atom stereocenters. The standard InChI is InChI=1S/C16H19BrN4O/c1-16(2,20-14(22)12-9-7-18-8-10(9)12)15-19-13(17)11-5-3-4-6-21(11)15/h3-6,9-10,12,18H,7-8H2,1-2H3,(H,20,22)/t9-,10+,12+. The lowest BCUT2D eigenvalue weighted by atomic mass is 10.0. The molecule has 2 aromatic rings. The Morgan fingerprint density at radius 2 is 2.14 bits per heavy atom. The van der Waals surface area contributed by atoms with Crippen LogP contribution >= 0.6 is 15.9 Å². The Morgan fingerprint density at radius 1 is 1.41 bits per heavy atom.